The summed E-state index contributed by atoms with van der Waals surface area (Å²) in [6, 6.07) is -1.69. The van der Waals surface area contributed by atoms with Gasteiger partial charge >= 0.3 is 5.97 Å². The lowest BCUT2D eigenvalue weighted by Gasteiger charge is -2.16. The third kappa shape index (κ3) is 1.17. The molecule has 1 aliphatic heterocycles. The van der Waals surface area contributed by atoms with Gasteiger partial charge in [0.1, 0.15) is 12.2 Å². The number of hydrogen-bond donors (Lipinski definition) is 5. The van der Waals surface area contributed by atoms with E-state index in [2.05, 4.69) is 0 Å². The Morgan fingerprint density at radius 2 is 1.67 bits per heavy atom. The van der Waals surface area contributed by atoms with Gasteiger partial charge in [-0.25, -0.2) is 0 Å². The van der Waals surface area contributed by atoms with Gasteiger partial charge in [-0.3, -0.25) is 4.79 Å². The van der Waals surface area contributed by atoms with E-state index in [9.17, 15) is 4.79 Å². The fourth-order valence-electron chi connectivity index (χ4n) is 1.10. The molecule has 7 nitrogen and oxygen atoms in total. The van der Waals surface area contributed by atoms with Crippen LogP contribution in [0.1, 0.15) is 0 Å². The minimum atomic E-state index is -1.76. The summed E-state index contributed by atoms with van der Waals surface area (Å²) in [6.45, 7) is 0. The number of nitrogens with zero attached hydrogens (tertiary/aromatic N) is 1. The minimum absolute atomic E-state index is 0.0116. The van der Waals surface area contributed by atoms with Crippen LogP contribution >= 0.6 is 0 Å². The second-order valence-corrected chi connectivity index (χ2v) is 2.56. The van der Waals surface area contributed by atoms with Gasteiger partial charge in [-0.2, -0.15) is 0 Å². The highest BCUT2D eigenvalue weighted by molar-refractivity contribution is 5.74. The molecular weight excluding hydrogens is 170 g/mol. The highest BCUT2D eigenvalue weighted by Gasteiger charge is 2.50. The monoisotopic (exact) mass is 179 g/mol. The van der Waals surface area contributed by atoms with Gasteiger partial charge in [0.15, 0.2) is 12.3 Å². The van der Waals surface area contributed by atoms with Crippen molar-refractivity contribution >= 4 is 5.97 Å². The van der Waals surface area contributed by atoms with Crippen molar-refractivity contribution in [2.75, 3.05) is 0 Å². The lowest BCUT2D eigenvalue weighted by Crippen LogP contribution is -2.42. The second kappa shape index (κ2) is 2.96. The standard InChI is InChI=1S/C5H9NO6/c7-2-1(5(10)11)6(12)4(9)3(2)8/h1-4,7-9,12H,(H,10,11). The van der Waals surface area contributed by atoms with Gasteiger partial charge in [-0.05, 0) is 0 Å². The quantitative estimate of drug-likeness (QED) is 0.294. The lowest BCUT2D eigenvalue weighted by molar-refractivity contribution is -0.215. The first-order chi connectivity index (χ1) is 5.46. The van der Waals surface area contributed by atoms with Gasteiger partial charge < -0.3 is 25.6 Å². The van der Waals surface area contributed by atoms with E-state index >= 15 is 0 Å². The van der Waals surface area contributed by atoms with Crippen molar-refractivity contribution in [1.82, 2.24) is 5.06 Å². The van der Waals surface area contributed by atoms with Gasteiger partial charge in [0.25, 0.3) is 0 Å². The Balaban J connectivity index is 2.83. The number of rotatable bonds is 1. The number of hydrogen-bond acceptors (Lipinski definition) is 6. The predicted octanol–water partition coefficient (Wildman–Crippen LogP) is -2.82. The molecule has 70 valence electrons. The molecule has 0 aromatic heterocycles. The molecule has 0 radical (unpaired) electrons. The molecule has 1 saturated heterocycles. The zero-order valence-corrected chi connectivity index (χ0v) is 5.90. The molecule has 1 rings (SSSR count). The fourth-order valence-corrected chi connectivity index (χ4v) is 1.10. The summed E-state index contributed by atoms with van der Waals surface area (Å²) in [5.74, 6) is -1.51. The summed E-state index contributed by atoms with van der Waals surface area (Å²) in [4.78, 5) is 10.3. The van der Waals surface area contributed by atoms with Crippen LogP contribution in [0.5, 0.6) is 0 Å². The normalized spacial score (nSPS) is 43.3. The number of carboxylic acids is 1. The van der Waals surface area contributed by atoms with Gasteiger partial charge in [0, 0.05) is 0 Å². The van der Waals surface area contributed by atoms with E-state index in [4.69, 9.17) is 25.6 Å². The second-order valence-electron chi connectivity index (χ2n) is 2.56. The van der Waals surface area contributed by atoms with Crippen molar-refractivity contribution in [3.63, 3.8) is 0 Å². The van der Waals surface area contributed by atoms with Crippen LogP contribution in [0.4, 0.5) is 0 Å². The van der Waals surface area contributed by atoms with Crippen molar-refractivity contribution in [2.24, 2.45) is 0 Å². The molecule has 0 aliphatic carbocycles. The van der Waals surface area contributed by atoms with Crippen LogP contribution in [0.2, 0.25) is 0 Å². The molecule has 12 heavy (non-hydrogen) atoms. The Hall–Kier alpha value is -0.730. The van der Waals surface area contributed by atoms with Crippen LogP contribution in [-0.2, 0) is 4.79 Å². The molecule has 7 heteroatoms. The molecule has 1 fully saturated rings. The molecule has 0 saturated carbocycles. The zero-order valence-electron chi connectivity index (χ0n) is 5.90. The molecule has 1 aliphatic rings. The largest absolute Gasteiger partial charge is 0.480 e. The molecule has 1 heterocycles. The van der Waals surface area contributed by atoms with Gasteiger partial charge in [0.05, 0.1) is 0 Å². The Morgan fingerprint density at radius 1 is 1.17 bits per heavy atom. The topological polar surface area (TPSA) is 121 Å². The highest BCUT2D eigenvalue weighted by atomic mass is 16.6. The number of aliphatic carboxylic acids is 1. The lowest BCUT2D eigenvalue weighted by atomic mass is 10.1. The molecule has 0 bridgehead atoms. The van der Waals surface area contributed by atoms with E-state index in [1.165, 1.54) is 0 Å². The number of aliphatic hydroxyl groups is 3. The van der Waals surface area contributed by atoms with E-state index in [0.29, 0.717) is 0 Å². The fraction of sp³-hybridized carbons (Fsp3) is 0.800. The van der Waals surface area contributed by atoms with Gasteiger partial charge in [0.2, 0.25) is 0 Å². The van der Waals surface area contributed by atoms with E-state index in [1.807, 2.05) is 0 Å². The van der Waals surface area contributed by atoms with Crippen LogP contribution < -0.4 is 0 Å². The van der Waals surface area contributed by atoms with Gasteiger partial charge in [-0.1, -0.05) is 0 Å². The summed E-state index contributed by atoms with van der Waals surface area (Å²) in [7, 11) is 0. The third-order valence-electron chi connectivity index (χ3n) is 1.79. The summed E-state index contributed by atoms with van der Waals surface area (Å²) in [5.41, 5.74) is 0. The van der Waals surface area contributed by atoms with Crippen LogP contribution in [0.25, 0.3) is 0 Å². The molecule has 0 aromatic carbocycles. The first kappa shape index (κ1) is 9.36. The van der Waals surface area contributed by atoms with Crippen molar-refractivity contribution in [3.05, 3.63) is 0 Å². The molecule has 5 N–H and O–H groups in total. The van der Waals surface area contributed by atoms with Crippen molar-refractivity contribution in [3.8, 4) is 0 Å². The summed E-state index contributed by atoms with van der Waals surface area (Å²) < 4.78 is 0. The van der Waals surface area contributed by atoms with Crippen LogP contribution in [0, 0.1) is 0 Å². The smallest absolute Gasteiger partial charge is 0.326 e. The number of hydroxylamine groups is 2. The highest BCUT2D eigenvalue weighted by Crippen LogP contribution is 2.21. The van der Waals surface area contributed by atoms with Crippen molar-refractivity contribution in [1.29, 1.82) is 0 Å². The Kier molecular flexibility index (Phi) is 2.31. The first-order valence-corrected chi connectivity index (χ1v) is 3.21. The first-order valence-electron chi connectivity index (χ1n) is 3.21. The average Bonchev–Trinajstić information content (AvgIpc) is 2.16. The van der Waals surface area contributed by atoms with E-state index in [-0.39, 0.29) is 5.06 Å². The predicted molar refractivity (Wildman–Crippen MR) is 33.1 cm³/mol. The Labute approximate surface area is 67.0 Å². The molecule has 4 atom stereocenters. The van der Waals surface area contributed by atoms with Crippen LogP contribution in [-0.4, -0.2) is 61.1 Å². The van der Waals surface area contributed by atoms with Crippen molar-refractivity contribution < 1.29 is 30.4 Å². The summed E-state index contributed by atoms with van der Waals surface area (Å²) in [6.07, 6.45) is -5.13. The zero-order chi connectivity index (χ0) is 9.46. The maximum Gasteiger partial charge on any atom is 0.326 e. The Bertz CT molecular complexity index is 182. The SMILES string of the molecule is O=C(O)C1C(O)C(O)C(O)N1O. The maximum absolute atomic E-state index is 10.3. The van der Waals surface area contributed by atoms with Crippen molar-refractivity contribution in [2.45, 2.75) is 24.5 Å². The molecule has 4 unspecified atom stereocenters. The summed E-state index contributed by atoms with van der Waals surface area (Å²) in [5, 5.41) is 44.0. The number of carbonyl (C=O) groups is 1. The molecule has 0 spiro atoms. The average molecular weight is 179 g/mol. The van der Waals surface area contributed by atoms with Gasteiger partial charge in [-0.15, -0.1) is 5.06 Å². The van der Waals surface area contributed by atoms with Crippen LogP contribution in [0.15, 0.2) is 0 Å². The molecule has 0 amide bonds. The summed E-state index contributed by atoms with van der Waals surface area (Å²) >= 11 is 0. The third-order valence-corrected chi connectivity index (χ3v) is 1.79. The molecule has 0 aromatic rings. The maximum atomic E-state index is 10.3. The minimum Gasteiger partial charge on any atom is -0.480 e. The van der Waals surface area contributed by atoms with Crippen LogP contribution in [0.3, 0.4) is 0 Å². The van der Waals surface area contributed by atoms with E-state index in [1.54, 1.807) is 0 Å². The number of aliphatic hydroxyl groups excluding tert-OH is 3. The number of carboxylic acid groups (broad SMARTS) is 1. The molecular formula is C5H9NO6. The van der Waals surface area contributed by atoms with E-state index < -0.39 is 30.4 Å². The van der Waals surface area contributed by atoms with E-state index in [0.717, 1.165) is 0 Å². The Morgan fingerprint density at radius 3 is 1.83 bits per heavy atom.